The fourth-order valence-corrected chi connectivity index (χ4v) is 3.77. The maximum absolute atomic E-state index is 12.4. The molecule has 6 nitrogen and oxygen atoms in total. The molecule has 3 rings (SSSR count). The Hall–Kier alpha value is -1.14. The molecule has 22 heavy (non-hydrogen) atoms. The minimum absolute atomic E-state index is 0.0387. The highest BCUT2D eigenvalue weighted by atomic mass is 16.6. The van der Waals surface area contributed by atoms with E-state index in [9.17, 15) is 9.59 Å². The van der Waals surface area contributed by atoms with E-state index in [1.165, 1.54) is 0 Å². The summed E-state index contributed by atoms with van der Waals surface area (Å²) in [4.78, 5) is 25.6. The van der Waals surface area contributed by atoms with Crippen LogP contribution in [0.25, 0.3) is 0 Å². The van der Waals surface area contributed by atoms with Gasteiger partial charge in [-0.15, -0.1) is 0 Å². The predicted octanol–water partition coefficient (Wildman–Crippen LogP) is 0.698. The SMILES string of the molecule is CC(=O)N1CCC(C(=O)N[C@@H]2CC[C@@H]3OCCO[C@@H]3C2)CC1. The Morgan fingerprint density at radius 2 is 1.68 bits per heavy atom. The zero-order chi connectivity index (χ0) is 15.5. The van der Waals surface area contributed by atoms with E-state index < -0.39 is 0 Å². The van der Waals surface area contributed by atoms with Crippen LogP contribution in [-0.2, 0) is 19.1 Å². The maximum atomic E-state index is 12.4. The molecule has 6 heteroatoms. The first-order chi connectivity index (χ1) is 10.6. The van der Waals surface area contributed by atoms with Crippen LogP contribution in [0, 0.1) is 5.92 Å². The minimum Gasteiger partial charge on any atom is -0.373 e. The molecule has 2 heterocycles. The number of likely N-dealkylation sites (tertiary alicyclic amines) is 1. The summed E-state index contributed by atoms with van der Waals surface area (Å²) in [6.07, 6.45) is 4.64. The number of hydrogen-bond acceptors (Lipinski definition) is 4. The van der Waals surface area contributed by atoms with Crippen molar-refractivity contribution in [2.45, 2.75) is 57.3 Å². The Morgan fingerprint density at radius 3 is 2.36 bits per heavy atom. The lowest BCUT2D eigenvalue weighted by atomic mass is 9.88. The number of carbonyl (C=O) groups excluding carboxylic acids is 2. The van der Waals surface area contributed by atoms with Crippen LogP contribution in [0.5, 0.6) is 0 Å². The molecule has 0 unspecified atom stereocenters. The first-order valence-electron chi connectivity index (χ1n) is 8.42. The molecule has 0 aromatic rings. The van der Waals surface area contributed by atoms with Gasteiger partial charge < -0.3 is 19.7 Å². The van der Waals surface area contributed by atoms with Gasteiger partial charge in [0, 0.05) is 32.0 Å². The standard InChI is InChI=1S/C16H26N2O4/c1-11(19)18-6-4-12(5-7-18)16(20)17-13-2-3-14-15(10-13)22-9-8-21-14/h12-15H,2-10H2,1H3,(H,17,20)/t13-,14+,15-/m1/s1. The van der Waals surface area contributed by atoms with Crippen LogP contribution in [0.3, 0.4) is 0 Å². The van der Waals surface area contributed by atoms with Gasteiger partial charge in [-0.05, 0) is 32.1 Å². The molecule has 0 radical (unpaired) electrons. The van der Waals surface area contributed by atoms with Crippen molar-refractivity contribution >= 4 is 11.8 Å². The Balaban J connectivity index is 1.45. The van der Waals surface area contributed by atoms with Crippen LogP contribution in [0.2, 0.25) is 0 Å². The van der Waals surface area contributed by atoms with Crippen molar-refractivity contribution in [2.75, 3.05) is 26.3 Å². The van der Waals surface area contributed by atoms with Crippen LogP contribution >= 0.6 is 0 Å². The van der Waals surface area contributed by atoms with Crippen molar-refractivity contribution in [2.24, 2.45) is 5.92 Å². The van der Waals surface area contributed by atoms with Gasteiger partial charge >= 0.3 is 0 Å². The van der Waals surface area contributed by atoms with Crippen molar-refractivity contribution in [1.82, 2.24) is 10.2 Å². The Kier molecular flexibility index (Phi) is 4.98. The van der Waals surface area contributed by atoms with E-state index >= 15 is 0 Å². The number of piperidine rings is 1. The molecule has 1 saturated carbocycles. The highest BCUT2D eigenvalue weighted by molar-refractivity contribution is 5.79. The number of fused-ring (bicyclic) bond motifs is 1. The Bertz CT molecular complexity index is 420. The van der Waals surface area contributed by atoms with Crippen LogP contribution in [0.1, 0.15) is 39.0 Å². The van der Waals surface area contributed by atoms with Gasteiger partial charge in [0.2, 0.25) is 11.8 Å². The Morgan fingerprint density at radius 1 is 1.00 bits per heavy atom. The third-order valence-corrected chi connectivity index (χ3v) is 5.14. The lowest BCUT2D eigenvalue weighted by Crippen LogP contribution is -2.51. The molecule has 124 valence electrons. The molecule has 3 fully saturated rings. The number of ether oxygens (including phenoxy) is 2. The first kappa shape index (κ1) is 15.7. The van der Waals surface area contributed by atoms with Crippen LogP contribution in [-0.4, -0.2) is 61.3 Å². The molecule has 1 N–H and O–H groups in total. The summed E-state index contributed by atoms with van der Waals surface area (Å²) in [6.45, 7) is 4.32. The zero-order valence-electron chi connectivity index (χ0n) is 13.3. The summed E-state index contributed by atoms with van der Waals surface area (Å²) in [6, 6.07) is 0.196. The number of rotatable bonds is 2. The van der Waals surface area contributed by atoms with Crippen molar-refractivity contribution < 1.29 is 19.1 Å². The van der Waals surface area contributed by atoms with Gasteiger partial charge in [-0.1, -0.05) is 0 Å². The van der Waals surface area contributed by atoms with E-state index in [-0.39, 0.29) is 36.0 Å². The zero-order valence-corrected chi connectivity index (χ0v) is 13.3. The summed E-state index contributed by atoms with van der Waals surface area (Å²) in [5, 5.41) is 3.19. The normalized spacial score (nSPS) is 33.1. The second kappa shape index (κ2) is 6.96. The molecule has 0 aromatic heterocycles. The number of nitrogens with one attached hydrogen (secondary N) is 1. The quantitative estimate of drug-likeness (QED) is 0.815. The van der Waals surface area contributed by atoms with E-state index in [4.69, 9.17) is 9.47 Å². The topological polar surface area (TPSA) is 67.9 Å². The molecule has 1 aliphatic carbocycles. The lowest BCUT2D eigenvalue weighted by molar-refractivity contribution is -0.159. The molecule has 0 aromatic carbocycles. The van der Waals surface area contributed by atoms with Crippen molar-refractivity contribution in [3.05, 3.63) is 0 Å². The van der Waals surface area contributed by atoms with E-state index in [0.717, 1.165) is 32.1 Å². The molecule has 0 spiro atoms. The second-order valence-electron chi connectivity index (χ2n) is 6.62. The van der Waals surface area contributed by atoms with E-state index in [0.29, 0.717) is 26.3 Å². The van der Waals surface area contributed by atoms with Gasteiger partial charge in [-0.25, -0.2) is 0 Å². The summed E-state index contributed by atoms with van der Waals surface area (Å²) < 4.78 is 11.5. The van der Waals surface area contributed by atoms with Gasteiger partial charge in [0.15, 0.2) is 0 Å². The van der Waals surface area contributed by atoms with Gasteiger partial charge in [0.25, 0.3) is 0 Å². The third kappa shape index (κ3) is 3.60. The van der Waals surface area contributed by atoms with Gasteiger partial charge in [0.1, 0.15) is 0 Å². The molecular formula is C16H26N2O4. The van der Waals surface area contributed by atoms with Crippen LogP contribution < -0.4 is 5.32 Å². The fourth-order valence-electron chi connectivity index (χ4n) is 3.77. The van der Waals surface area contributed by atoms with Gasteiger partial charge in [-0.3, -0.25) is 9.59 Å². The second-order valence-corrected chi connectivity index (χ2v) is 6.62. The summed E-state index contributed by atoms with van der Waals surface area (Å²) in [5.41, 5.74) is 0. The molecule has 2 amide bonds. The maximum Gasteiger partial charge on any atom is 0.223 e. The largest absolute Gasteiger partial charge is 0.373 e. The lowest BCUT2D eigenvalue weighted by Gasteiger charge is -2.39. The first-order valence-corrected chi connectivity index (χ1v) is 8.42. The summed E-state index contributed by atoms with van der Waals surface area (Å²) in [5.74, 6) is 0.284. The number of carbonyl (C=O) groups is 2. The average molecular weight is 310 g/mol. The Labute approximate surface area is 131 Å². The molecular weight excluding hydrogens is 284 g/mol. The highest BCUT2D eigenvalue weighted by Gasteiger charge is 2.35. The predicted molar refractivity (Wildman–Crippen MR) is 80.2 cm³/mol. The minimum atomic E-state index is 0.0387. The number of hydrogen-bond donors (Lipinski definition) is 1. The van der Waals surface area contributed by atoms with Crippen LogP contribution in [0.4, 0.5) is 0 Å². The molecule has 0 bridgehead atoms. The van der Waals surface area contributed by atoms with Gasteiger partial charge in [-0.2, -0.15) is 0 Å². The molecule has 2 aliphatic heterocycles. The molecule has 3 aliphatic rings. The van der Waals surface area contributed by atoms with Crippen molar-refractivity contribution in [3.63, 3.8) is 0 Å². The van der Waals surface area contributed by atoms with E-state index in [2.05, 4.69) is 5.32 Å². The van der Waals surface area contributed by atoms with Crippen molar-refractivity contribution in [1.29, 1.82) is 0 Å². The van der Waals surface area contributed by atoms with Crippen LogP contribution in [0.15, 0.2) is 0 Å². The average Bonchev–Trinajstić information content (AvgIpc) is 2.55. The van der Waals surface area contributed by atoms with E-state index in [1.54, 1.807) is 6.92 Å². The van der Waals surface area contributed by atoms with Crippen molar-refractivity contribution in [3.8, 4) is 0 Å². The summed E-state index contributed by atoms with van der Waals surface area (Å²) in [7, 11) is 0. The number of nitrogens with zero attached hydrogens (tertiary/aromatic N) is 1. The van der Waals surface area contributed by atoms with E-state index in [1.807, 2.05) is 4.90 Å². The summed E-state index contributed by atoms with van der Waals surface area (Å²) >= 11 is 0. The molecule has 2 saturated heterocycles. The highest BCUT2D eigenvalue weighted by Crippen LogP contribution is 2.27. The smallest absolute Gasteiger partial charge is 0.223 e. The third-order valence-electron chi connectivity index (χ3n) is 5.14. The fraction of sp³-hybridized carbons (Fsp3) is 0.875. The molecule has 3 atom stereocenters. The monoisotopic (exact) mass is 310 g/mol. The number of amides is 2. The van der Waals surface area contributed by atoms with Gasteiger partial charge in [0.05, 0.1) is 25.4 Å².